The van der Waals surface area contributed by atoms with Gasteiger partial charge in [0.25, 0.3) is 0 Å². The molecule has 0 unspecified atom stereocenters. The van der Waals surface area contributed by atoms with Crippen molar-refractivity contribution >= 4 is 26.6 Å². The molecule has 1 aromatic carbocycles. The van der Waals surface area contributed by atoms with E-state index in [1.165, 1.54) is 4.57 Å². The number of benzene rings is 1. The third-order valence-corrected chi connectivity index (χ3v) is 4.76. The Labute approximate surface area is 110 Å². The Morgan fingerprint density at radius 3 is 2.79 bits per heavy atom. The summed E-state index contributed by atoms with van der Waals surface area (Å²) in [4.78, 5) is 11.7. The van der Waals surface area contributed by atoms with E-state index in [0.717, 1.165) is 0 Å². The van der Waals surface area contributed by atoms with Crippen molar-refractivity contribution in [3.05, 3.63) is 28.7 Å². The second-order valence-electron chi connectivity index (χ2n) is 4.34. The molecule has 0 radical (unpaired) electrons. The van der Waals surface area contributed by atoms with Crippen LogP contribution in [0.2, 0.25) is 0 Å². The van der Waals surface area contributed by atoms with E-state index in [1.807, 2.05) is 0 Å². The van der Waals surface area contributed by atoms with E-state index in [0.29, 0.717) is 29.8 Å². The maximum absolute atomic E-state index is 11.7. The SMILES string of the molecule is CCS(=O)(=O)CCCn1c(=O)oc2cc(N)ccc21. The molecule has 104 valence electrons. The molecule has 1 aromatic heterocycles. The van der Waals surface area contributed by atoms with Crippen molar-refractivity contribution in [3.63, 3.8) is 0 Å². The van der Waals surface area contributed by atoms with Gasteiger partial charge in [-0.25, -0.2) is 13.2 Å². The predicted molar refractivity (Wildman–Crippen MR) is 73.8 cm³/mol. The molecule has 0 saturated carbocycles. The van der Waals surface area contributed by atoms with Gasteiger partial charge in [0, 0.05) is 24.1 Å². The lowest BCUT2D eigenvalue weighted by Crippen LogP contribution is -2.17. The van der Waals surface area contributed by atoms with Gasteiger partial charge in [-0.1, -0.05) is 6.92 Å². The Bertz CT molecular complexity index is 743. The van der Waals surface area contributed by atoms with Crippen LogP contribution in [0.25, 0.3) is 11.1 Å². The maximum Gasteiger partial charge on any atom is 0.419 e. The van der Waals surface area contributed by atoms with Gasteiger partial charge in [0.1, 0.15) is 9.84 Å². The molecule has 2 aromatic rings. The lowest BCUT2D eigenvalue weighted by Gasteiger charge is -2.03. The minimum absolute atomic E-state index is 0.0670. The summed E-state index contributed by atoms with van der Waals surface area (Å²) in [6.45, 7) is 1.92. The van der Waals surface area contributed by atoms with Gasteiger partial charge in [-0.15, -0.1) is 0 Å². The molecule has 0 saturated heterocycles. The second-order valence-corrected chi connectivity index (χ2v) is 6.81. The van der Waals surface area contributed by atoms with Gasteiger partial charge in [-0.2, -0.15) is 0 Å². The minimum atomic E-state index is -3.01. The first kappa shape index (κ1) is 13.7. The van der Waals surface area contributed by atoms with Crippen LogP contribution in [0.4, 0.5) is 5.69 Å². The van der Waals surface area contributed by atoms with Gasteiger partial charge in [0.05, 0.1) is 11.3 Å². The summed E-state index contributed by atoms with van der Waals surface area (Å²) in [7, 11) is -3.01. The quantitative estimate of drug-likeness (QED) is 0.826. The molecule has 1 heterocycles. The Kier molecular flexibility index (Phi) is 3.66. The number of nitrogens with two attached hydrogens (primary N) is 1. The van der Waals surface area contributed by atoms with Crippen LogP contribution < -0.4 is 11.5 Å². The molecule has 0 spiro atoms. The van der Waals surface area contributed by atoms with E-state index in [4.69, 9.17) is 10.2 Å². The lowest BCUT2D eigenvalue weighted by molar-refractivity contribution is 0.501. The topological polar surface area (TPSA) is 95.3 Å². The van der Waals surface area contributed by atoms with Crippen molar-refractivity contribution in [2.75, 3.05) is 17.2 Å². The Balaban J connectivity index is 2.22. The number of fused-ring (bicyclic) bond motifs is 1. The van der Waals surface area contributed by atoms with Crippen molar-refractivity contribution in [1.82, 2.24) is 4.57 Å². The summed E-state index contributed by atoms with van der Waals surface area (Å²) in [5.74, 6) is -0.309. The van der Waals surface area contributed by atoms with Crippen LogP contribution in [0.1, 0.15) is 13.3 Å². The average molecular weight is 284 g/mol. The number of anilines is 1. The van der Waals surface area contributed by atoms with E-state index in [2.05, 4.69) is 0 Å². The number of nitrogens with zero attached hydrogens (tertiary/aromatic N) is 1. The number of hydrogen-bond acceptors (Lipinski definition) is 5. The zero-order valence-electron chi connectivity index (χ0n) is 10.6. The highest BCUT2D eigenvalue weighted by molar-refractivity contribution is 7.91. The van der Waals surface area contributed by atoms with Gasteiger partial charge in [0.2, 0.25) is 0 Å². The Hall–Kier alpha value is -1.76. The Morgan fingerprint density at radius 2 is 2.11 bits per heavy atom. The number of aryl methyl sites for hydroxylation is 1. The second kappa shape index (κ2) is 5.08. The molecule has 0 fully saturated rings. The van der Waals surface area contributed by atoms with Gasteiger partial charge < -0.3 is 10.2 Å². The third kappa shape index (κ3) is 2.98. The van der Waals surface area contributed by atoms with Crippen molar-refractivity contribution in [2.45, 2.75) is 19.9 Å². The summed E-state index contributed by atoms with van der Waals surface area (Å²) in [5.41, 5.74) is 7.18. The number of nitrogen functional groups attached to an aromatic ring is 1. The van der Waals surface area contributed by atoms with E-state index < -0.39 is 15.6 Å². The van der Waals surface area contributed by atoms with E-state index in [1.54, 1.807) is 25.1 Å². The van der Waals surface area contributed by atoms with Crippen LogP contribution in [-0.2, 0) is 16.4 Å². The third-order valence-electron chi connectivity index (χ3n) is 2.97. The van der Waals surface area contributed by atoms with Gasteiger partial charge in [-0.3, -0.25) is 4.57 Å². The molecule has 6 nitrogen and oxygen atoms in total. The summed E-state index contributed by atoms with van der Waals surface area (Å²) in [6.07, 6.45) is 0.384. The Morgan fingerprint density at radius 1 is 1.37 bits per heavy atom. The van der Waals surface area contributed by atoms with Gasteiger partial charge in [0.15, 0.2) is 5.58 Å². The van der Waals surface area contributed by atoms with E-state index in [9.17, 15) is 13.2 Å². The minimum Gasteiger partial charge on any atom is -0.408 e. The van der Waals surface area contributed by atoms with Crippen LogP contribution in [-0.4, -0.2) is 24.5 Å². The van der Waals surface area contributed by atoms with Gasteiger partial charge in [-0.05, 0) is 18.6 Å². The van der Waals surface area contributed by atoms with Crippen molar-refractivity contribution in [3.8, 4) is 0 Å². The predicted octanol–water partition coefficient (Wildman–Crippen LogP) is 1.00. The molecular formula is C12H16N2O4S. The van der Waals surface area contributed by atoms with Crippen molar-refractivity contribution < 1.29 is 12.8 Å². The first-order valence-electron chi connectivity index (χ1n) is 6.02. The summed E-state index contributed by atoms with van der Waals surface area (Å²) in [5, 5.41) is 0. The highest BCUT2D eigenvalue weighted by Gasteiger charge is 2.11. The molecule has 2 N–H and O–H groups in total. The molecule has 0 aliphatic heterocycles. The van der Waals surface area contributed by atoms with E-state index >= 15 is 0 Å². The van der Waals surface area contributed by atoms with Crippen molar-refractivity contribution in [2.24, 2.45) is 0 Å². The molecule has 0 aliphatic rings. The summed E-state index contributed by atoms with van der Waals surface area (Å²) in [6, 6.07) is 4.95. The normalized spacial score (nSPS) is 12.1. The first-order chi connectivity index (χ1) is 8.93. The smallest absolute Gasteiger partial charge is 0.408 e. The molecule has 0 atom stereocenters. The molecule has 7 heteroatoms. The monoisotopic (exact) mass is 284 g/mol. The molecule has 0 amide bonds. The molecule has 0 aliphatic carbocycles. The molecule has 2 rings (SSSR count). The van der Waals surface area contributed by atoms with Crippen LogP contribution in [0.5, 0.6) is 0 Å². The maximum atomic E-state index is 11.7. The average Bonchev–Trinajstić information content (AvgIpc) is 2.65. The van der Waals surface area contributed by atoms with Crippen molar-refractivity contribution in [1.29, 1.82) is 0 Å². The molecule has 0 bridgehead atoms. The fourth-order valence-electron chi connectivity index (χ4n) is 1.88. The highest BCUT2D eigenvalue weighted by atomic mass is 32.2. The van der Waals surface area contributed by atoms with Crippen LogP contribution in [0, 0.1) is 0 Å². The fourth-order valence-corrected chi connectivity index (χ4v) is 2.74. The van der Waals surface area contributed by atoms with Gasteiger partial charge >= 0.3 is 5.76 Å². The largest absolute Gasteiger partial charge is 0.419 e. The summed E-state index contributed by atoms with van der Waals surface area (Å²) >= 11 is 0. The van der Waals surface area contributed by atoms with Crippen LogP contribution >= 0.6 is 0 Å². The van der Waals surface area contributed by atoms with Crippen LogP contribution in [0.3, 0.4) is 0 Å². The zero-order valence-corrected chi connectivity index (χ0v) is 11.4. The lowest BCUT2D eigenvalue weighted by atomic mass is 10.3. The number of sulfone groups is 1. The molecule has 19 heavy (non-hydrogen) atoms. The first-order valence-corrected chi connectivity index (χ1v) is 7.84. The number of aromatic nitrogens is 1. The number of oxazole rings is 1. The number of rotatable bonds is 5. The molecular weight excluding hydrogens is 268 g/mol. The fraction of sp³-hybridized carbons (Fsp3) is 0.417. The standard InChI is InChI=1S/C12H16N2O4S/c1-2-19(16,17)7-3-6-14-10-5-4-9(13)8-11(10)18-12(14)15/h4-5,8H,2-3,6-7,13H2,1H3. The van der Waals surface area contributed by atoms with E-state index in [-0.39, 0.29) is 11.5 Å². The van der Waals surface area contributed by atoms with Crippen LogP contribution in [0.15, 0.2) is 27.4 Å². The number of hydrogen-bond donors (Lipinski definition) is 1. The summed E-state index contributed by atoms with van der Waals surface area (Å²) < 4.78 is 29.3. The zero-order chi connectivity index (χ0) is 14.0. The highest BCUT2D eigenvalue weighted by Crippen LogP contribution is 2.16.